The molecule has 28 heavy (non-hydrogen) atoms. The van der Waals surface area contributed by atoms with E-state index in [1.807, 2.05) is 12.1 Å². The second-order valence-electron chi connectivity index (χ2n) is 7.32. The van der Waals surface area contributed by atoms with Crippen LogP contribution in [0, 0.1) is 0 Å². The number of hydrogen-bond acceptors (Lipinski definition) is 3. The van der Waals surface area contributed by atoms with Crippen LogP contribution >= 0.6 is 0 Å². The predicted octanol–water partition coefficient (Wildman–Crippen LogP) is 0.849. The van der Waals surface area contributed by atoms with Gasteiger partial charge >= 0.3 is 0 Å². The van der Waals surface area contributed by atoms with E-state index in [1.165, 1.54) is 50.6 Å². The number of hydrogen-bond donors (Lipinski definition) is 3. The molecule has 150 valence electrons. The number of sulfonamides is 1. The molecule has 2 aromatic carbocycles. The van der Waals surface area contributed by atoms with Crippen LogP contribution in [0.4, 0.5) is 0 Å². The van der Waals surface area contributed by atoms with Gasteiger partial charge in [0.2, 0.25) is 15.9 Å². The molecule has 1 aliphatic heterocycles. The highest BCUT2D eigenvalue weighted by molar-refractivity contribution is 7.89. The summed E-state index contributed by atoms with van der Waals surface area (Å²) in [6.07, 6.45) is 2.62. The molecule has 1 heterocycles. The van der Waals surface area contributed by atoms with Gasteiger partial charge in [-0.25, -0.2) is 8.42 Å². The van der Waals surface area contributed by atoms with Crippen molar-refractivity contribution in [3.63, 3.8) is 0 Å². The van der Waals surface area contributed by atoms with Gasteiger partial charge in [-0.1, -0.05) is 42.5 Å². The lowest BCUT2D eigenvalue weighted by atomic mass is 10.1. The second-order valence-corrected chi connectivity index (χ2v) is 9.04. The maximum absolute atomic E-state index is 12.3. The maximum atomic E-state index is 12.3. The smallest absolute Gasteiger partial charge is 0.241 e. The predicted molar refractivity (Wildman–Crippen MR) is 108 cm³/mol. The Bertz CT molecular complexity index is 877. The molecule has 1 amide bonds. The fourth-order valence-corrected chi connectivity index (χ4v) is 4.64. The van der Waals surface area contributed by atoms with E-state index in [-0.39, 0.29) is 10.8 Å². The summed E-state index contributed by atoms with van der Waals surface area (Å²) in [6, 6.07) is 15.4. The van der Waals surface area contributed by atoms with E-state index in [0.29, 0.717) is 6.54 Å². The lowest BCUT2D eigenvalue weighted by Gasteiger charge is -2.15. The molecule has 0 saturated carbocycles. The van der Waals surface area contributed by atoms with Crippen LogP contribution < -0.4 is 14.9 Å². The van der Waals surface area contributed by atoms with Crippen molar-refractivity contribution in [3.8, 4) is 0 Å². The zero-order chi connectivity index (χ0) is 20.0. The summed E-state index contributed by atoms with van der Waals surface area (Å²) in [5.74, 6) is -0.356. The highest BCUT2D eigenvalue weighted by atomic mass is 32.2. The van der Waals surface area contributed by atoms with E-state index in [1.54, 1.807) is 23.1 Å². The minimum absolute atomic E-state index is 0.144. The van der Waals surface area contributed by atoms with Crippen molar-refractivity contribution in [2.45, 2.75) is 43.8 Å². The summed E-state index contributed by atoms with van der Waals surface area (Å²) < 4.78 is 27.0. The zero-order valence-electron chi connectivity index (χ0n) is 16.1. The molecule has 7 heteroatoms. The molecule has 3 rings (SSSR count). The van der Waals surface area contributed by atoms with E-state index in [9.17, 15) is 13.2 Å². The van der Waals surface area contributed by atoms with Gasteiger partial charge in [0.25, 0.3) is 0 Å². The fraction of sp³-hybridized carbons (Fsp3) is 0.381. The lowest BCUT2D eigenvalue weighted by Crippen LogP contribution is -3.08. The van der Waals surface area contributed by atoms with Crippen LogP contribution in [0.25, 0.3) is 0 Å². The molecule has 1 saturated heterocycles. The molecule has 0 aromatic heterocycles. The van der Waals surface area contributed by atoms with Crippen molar-refractivity contribution >= 4 is 15.9 Å². The molecule has 1 fully saturated rings. The van der Waals surface area contributed by atoms with Crippen molar-refractivity contribution < 1.29 is 18.1 Å². The maximum Gasteiger partial charge on any atom is 0.241 e. The van der Waals surface area contributed by atoms with Crippen molar-refractivity contribution in [3.05, 3.63) is 65.7 Å². The van der Waals surface area contributed by atoms with Crippen molar-refractivity contribution in [2.24, 2.45) is 0 Å². The Morgan fingerprint density at radius 1 is 1.00 bits per heavy atom. The SMILES string of the molecule is C[C@H](NS(=O)(=O)c1ccccc1)C(=O)NCc1ccc(C[NH+]2CCCC2)cc1. The molecular weight excluding hydrogens is 374 g/mol. The van der Waals surface area contributed by atoms with Gasteiger partial charge in [-0.2, -0.15) is 4.72 Å². The Labute approximate surface area is 167 Å². The minimum atomic E-state index is -3.72. The molecule has 0 unspecified atom stereocenters. The quantitative estimate of drug-likeness (QED) is 0.612. The van der Waals surface area contributed by atoms with Crippen LogP contribution in [-0.2, 0) is 27.9 Å². The third-order valence-corrected chi connectivity index (χ3v) is 6.59. The molecule has 1 atom stereocenters. The van der Waals surface area contributed by atoms with Gasteiger partial charge < -0.3 is 10.2 Å². The lowest BCUT2D eigenvalue weighted by molar-refractivity contribution is -0.901. The highest BCUT2D eigenvalue weighted by Gasteiger charge is 2.21. The topological polar surface area (TPSA) is 79.7 Å². The monoisotopic (exact) mass is 402 g/mol. The highest BCUT2D eigenvalue weighted by Crippen LogP contribution is 2.08. The van der Waals surface area contributed by atoms with Crippen LogP contribution in [-0.4, -0.2) is 33.5 Å². The molecular formula is C21H28N3O3S+. The van der Waals surface area contributed by atoms with Crippen LogP contribution in [0.3, 0.4) is 0 Å². The zero-order valence-corrected chi connectivity index (χ0v) is 17.0. The standard InChI is InChI=1S/C21H27N3O3S/c1-17(23-28(26,27)20-7-3-2-4-8-20)21(25)22-15-18-9-11-19(12-10-18)16-24-13-5-6-14-24/h2-4,7-12,17,23H,5-6,13-16H2,1H3,(H,22,25)/p+1/t17-/m0/s1. The fourth-order valence-electron chi connectivity index (χ4n) is 3.41. The molecule has 0 spiro atoms. The number of carbonyl (C=O) groups excluding carboxylic acids is 1. The van der Waals surface area contributed by atoms with Gasteiger partial charge in [0.05, 0.1) is 24.0 Å². The third-order valence-electron chi connectivity index (χ3n) is 5.03. The Hall–Kier alpha value is -2.22. The number of amides is 1. The van der Waals surface area contributed by atoms with E-state index in [0.717, 1.165) is 12.1 Å². The number of nitrogens with one attached hydrogen (secondary N) is 3. The summed E-state index contributed by atoms with van der Waals surface area (Å²) in [4.78, 5) is 14.1. The number of carbonyl (C=O) groups is 1. The first-order valence-corrected chi connectivity index (χ1v) is 11.2. The number of benzene rings is 2. The molecule has 0 aliphatic carbocycles. The van der Waals surface area contributed by atoms with Gasteiger partial charge in [0.15, 0.2) is 0 Å². The van der Waals surface area contributed by atoms with E-state index in [4.69, 9.17) is 0 Å². The Balaban J connectivity index is 1.49. The van der Waals surface area contributed by atoms with Gasteiger partial charge in [-0.15, -0.1) is 0 Å². The molecule has 1 aliphatic rings. The van der Waals surface area contributed by atoms with Crippen LogP contribution in [0.15, 0.2) is 59.5 Å². The third kappa shape index (κ3) is 5.64. The molecule has 0 radical (unpaired) electrons. The summed E-state index contributed by atoms with van der Waals surface area (Å²) in [7, 11) is -3.72. The van der Waals surface area contributed by atoms with E-state index < -0.39 is 16.1 Å². The molecule has 0 bridgehead atoms. The van der Waals surface area contributed by atoms with E-state index >= 15 is 0 Å². The average Bonchev–Trinajstić information content (AvgIpc) is 3.20. The first-order chi connectivity index (χ1) is 13.4. The van der Waals surface area contributed by atoms with Gasteiger partial charge in [-0.05, 0) is 24.6 Å². The number of likely N-dealkylation sites (tertiary alicyclic amines) is 1. The van der Waals surface area contributed by atoms with Gasteiger partial charge in [0.1, 0.15) is 6.54 Å². The first kappa shape index (κ1) is 20.5. The normalized spacial score (nSPS) is 16.0. The molecule has 6 nitrogen and oxygen atoms in total. The summed E-state index contributed by atoms with van der Waals surface area (Å²) >= 11 is 0. The second kappa shape index (κ2) is 9.32. The number of quaternary nitrogens is 1. The van der Waals surface area contributed by atoms with Crippen LogP contribution in [0.1, 0.15) is 30.9 Å². The summed E-state index contributed by atoms with van der Waals surface area (Å²) in [5.41, 5.74) is 2.29. The first-order valence-electron chi connectivity index (χ1n) is 9.70. The number of rotatable bonds is 8. The van der Waals surface area contributed by atoms with Crippen molar-refractivity contribution in [1.29, 1.82) is 0 Å². The van der Waals surface area contributed by atoms with Crippen LogP contribution in [0.2, 0.25) is 0 Å². The largest absolute Gasteiger partial charge is 0.351 e. The van der Waals surface area contributed by atoms with Gasteiger partial charge in [0, 0.05) is 24.9 Å². The van der Waals surface area contributed by atoms with E-state index in [2.05, 4.69) is 22.2 Å². The Morgan fingerprint density at radius 3 is 2.25 bits per heavy atom. The van der Waals surface area contributed by atoms with Crippen molar-refractivity contribution in [1.82, 2.24) is 10.0 Å². The van der Waals surface area contributed by atoms with Crippen molar-refractivity contribution in [2.75, 3.05) is 13.1 Å². The minimum Gasteiger partial charge on any atom is -0.351 e. The van der Waals surface area contributed by atoms with Gasteiger partial charge in [-0.3, -0.25) is 4.79 Å². The Kier molecular flexibility index (Phi) is 6.83. The summed E-state index contributed by atoms with van der Waals surface area (Å²) in [6.45, 7) is 5.44. The molecule has 2 aromatic rings. The summed E-state index contributed by atoms with van der Waals surface area (Å²) in [5, 5.41) is 2.79. The van der Waals surface area contributed by atoms with Crippen LogP contribution in [0.5, 0.6) is 0 Å². The Morgan fingerprint density at radius 2 is 1.61 bits per heavy atom. The average molecular weight is 403 g/mol. The molecule has 3 N–H and O–H groups in total.